The highest BCUT2D eigenvalue weighted by Gasteiger charge is 2.52. The molecule has 70 heavy (non-hydrogen) atoms. The van der Waals surface area contributed by atoms with Gasteiger partial charge in [-0.05, 0) is 25.7 Å². The summed E-state index contributed by atoms with van der Waals surface area (Å²) in [6, 6.07) is 0. The summed E-state index contributed by atoms with van der Waals surface area (Å²) < 4.78 is 31.4. The molecule has 4 heterocycles. The average molecular weight is 1030 g/mol. The third kappa shape index (κ3) is 19.1. The molecular weight excluding hydrogens is 956 g/mol. The average Bonchev–Trinajstić information content (AvgIpc) is 3.35. The molecule has 0 aromatic carbocycles. The maximum Gasteiger partial charge on any atom is 0.234 e. The molecule has 20 atom stereocenters. The minimum Gasteiger partial charge on any atom is -0.394 e. The fourth-order valence-electron chi connectivity index (χ4n) is 6.85. The van der Waals surface area contributed by atoms with Crippen LogP contribution < -0.4 is 44.7 Å². The molecule has 20 unspecified atom stereocenters. The molecular formula is C37H74N8O25. The molecule has 4 aliphatic heterocycles. The smallest absolute Gasteiger partial charge is 0.234 e. The summed E-state index contributed by atoms with van der Waals surface area (Å²) in [5.41, 5.74) is 10.7. The Morgan fingerprint density at radius 1 is 0.414 bits per heavy atom. The highest BCUT2D eigenvalue weighted by atomic mass is 16.7. The molecule has 4 saturated heterocycles. The van der Waals surface area contributed by atoms with Gasteiger partial charge in [0, 0.05) is 25.7 Å². The highest BCUT2D eigenvalue weighted by molar-refractivity contribution is 5.77. The molecule has 33 heteroatoms. The summed E-state index contributed by atoms with van der Waals surface area (Å²) >= 11 is 0. The molecule has 0 radical (unpaired) electrons. The van der Waals surface area contributed by atoms with Gasteiger partial charge in [-0.25, -0.2) is 23.0 Å². The van der Waals surface area contributed by atoms with Gasteiger partial charge in [0.1, 0.15) is 97.7 Å². The van der Waals surface area contributed by atoms with Gasteiger partial charge < -0.3 is 105 Å². The van der Waals surface area contributed by atoms with Crippen LogP contribution in [0.5, 0.6) is 0 Å². The van der Waals surface area contributed by atoms with Gasteiger partial charge in [0.2, 0.25) is 23.6 Å². The van der Waals surface area contributed by atoms with Crippen LogP contribution in [0.3, 0.4) is 0 Å². The Balaban J connectivity index is 0.000000585. The first-order valence-corrected chi connectivity index (χ1v) is 21.5. The van der Waals surface area contributed by atoms with Crippen LogP contribution in [0.15, 0.2) is 0 Å². The van der Waals surface area contributed by atoms with E-state index >= 15 is 0 Å². The van der Waals surface area contributed by atoms with Crippen LogP contribution in [0, 0.1) is 0 Å². The summed E-state index contributed by atoms with van der Waals surface area (Å²) in [6.07, 6.45) is -28.1. The van der Waals surface area contributed by atoms with Crippen molar-refractivity contribution in [1.82, 2.24) is 27.1 Å². The maximum absolute atomic E-state index is 11.9. The lowest BCUT2D eigenvalue weighted by atomic mass is 9.96. The van der Waals surface area contributed by atoms with E-state index in [0.717, 1.165) is 0 Å². The highest BCUT2D eigenvalue weighted by Crippen LogP contribution is 2.30. The monoisotopic (exact) mass is 1030 g/mol. The van der Waals surface area contributed by atoms with Gasteiger partial charge in [-0.1, -0.05) is 7.43 Å². The van der Waals surface area contributed by atoms with Gasteiger partial charge in [0.05, 0.1) is 26.4 Å². The number of hydrogen-bond donors (Lipinski definition) is 23. The van der Waals surface area contributed by atoms with Crippen molar-refractivity contribution < 1.29 is 124 Å². The van der Waals surface area contributed by atoms with E-state index in [1.807, 2.05) is 16.3 Å². The van der Waals surface area contributed by atoms with Crippen molar-refractivity contribution in [2.45, 2.75) is 182 Å². The quantitative estimate of drug-likeness (QED) is 0.0233. The molecule has 0 saturated carbocycles. The van der Waals surface area contributed by atoms with E-state index < -0.39 is 155 Å². The number of rotatable bonds is 20. The zero-order valence-corrected chi connectivity index (χ0v) is 37.1. The number of hydrazine groups is 4. The van der Waals surface area contributed by atoms with Crippen molar-refractivity contribution in [2.24, 2.45) is 17.5 Å². The van der Waals surface area contributed by atoms with Crippen molar-refractivity contribution >= 4 is 23.6 Å². The van der Waals surface area contributed by atoms with E-state index in [2.05, 4.69) is 10.9 Å². The van der Waals surface area contributed by atoms with Crippen molar-refractivity contribution in [1.29, 1.82) is 0 Å². The van der Waals surface area contributed by atoms with Gasteiger partial charge in [-0.2, -0.15) is 0 Å². The lowest BCUT2D eigenvalue weighted by molar-refractivity contribution is -0.355. The van der Waals surface area contributed by atoms with E-state index in [-0.39, 0.29) is 38.0 Å². The summed E-state index contributed by atoms with van der Waals surface area (Å²) in [7, 11) is 0. The number of carbonyl (C=O) groups excluding carboxylic acids is 4. The number of ether oxygens (including phenoxy) is 6. The summed E-state index contributed by atoms with van der Waals surface area (Å²) in [5, 5.41) is 146. The summed E-state index contributed by atoms with van der Waals surface area (Å²) in [6.45, 7) is -2.75. The van der Waals surface area contributed by atoms with E-state index in [1.165, 1.54) is 0 Å². The molecule has 0 aromatic heterocycles. The van der Waals surface area contributed by atoms with Gasteiger partial charge in [0.15, 0.2) is 25.1 Å². The largest absolute Gasteiger partial charge is 0.394 e. The molecule has 412 valence electrons. The second kappa shape index (κ2) is 32.8. The fourth-order valence-corrected chi connectivity index (χ4v) is 6.85. The van der Waals surface area contributed by atoms with Crippen LogP contribution in [0.2, 0.25) is 0 Å². The van der Waals surface area contributed by atoms with Crippen LogP contribution in [0.4, 0.5) is 0 Å². The molecule has 0 aromatic rings. The topological polar surface area (TPSA) is 565 Å². The third-order valence-corrected chi connectivity index (χ3v) is 10.9. The number of amides is 4. The number of aliphatic hydroxyl groups excluding tert-OH is 15. The fraction of sp³-hybridized carbons (Fsp3) is 0.892. The van der Waals surface area contributed by atoms with Crippen molar-refractivity contribution in [3.05, 3.63) is 0 Å². The second-order valence-electron chi connectivity index (χ2n) is 15.9. The number of aliphatic hydroxyl groups is 15. The number of nitrogens with two attached hydrogens (primary N) is 3. The van der Waals surface area contributed by atoms with Crippen molar-refractivity contribution in [2.75, 3.05) is 26.4 Å². The number of unbranched alkanes of at least 4 members (excludes halogenated alkanes) is 2. The maximum atomic E-state index is 11.9. The SMILES string of the molecule is C.NNC(=O)CCCCC(=O)NN.NNC(=O)CCCCC(=O)NNC1OC(CO)C(OC2OC(CO)C(O)C(O)C2O)C(O)C1O.OCC1OC(OC2C(CO)OC(O)C(O)C2O)C(O)C(O)C1O. The van der Waals surface area contributed by atoms with Gasteiger partial charge in [0.25, 0.3) is 0 Å². The van der Waals surface area contributed by atoms with Crippen molar-refractivity contribution in [3.63, 3.8) is 0 Å². The Bertz CT molecular complexity index is 1500. The molecule has 0 aliphatic carbocycles. The molecule has 26 N–H and O–H groups in total. The molecule has 4 rings (SSSR count). The van der Waals surface area contributed by atoms with Crippen LogP contribution in [-0.4, -0.2) is 249 Å². The van der Waals surface area contributed by atoms with Gasteiger partial charge in [-0.3, -0.25) is 40.9 Å². The number of carbonyl (C=O) groups is 4. The predicted molar refractivity (Wildman–Crippen MR) is 227 cm³/mol. The first-order valence-electron chi connectivity index (χ1n) is 21.5. The zero-order valence-electron chi connectivity index (χ0n) is 37.1. The van der Waals surface area contributed by atoms with E-state index in [0.29, 0.717) is 38.5 Å². The first-order chi connectivity index (χ1) is 32.6. The van der Waals surface area contributed by atoms with E-state index in [9.17, 15) is 90.7 Å². The molecule has 0 spiro atoms. The van der Waals surface area contributed by atoms with Crippen LogP contribution >= 0.6 is 0 Å². The minimum absolute atomic E-state index is 0. The molecule has 33 nitrogen and oxygen atoms in total. The molecule has 4 aliphatic rings. The normalized spacial score (nSPS) is 37.2. The molecule has 4 amide bonds. The van der Waals surface area contributed by atoms with E-state index in [1.54, 1.807) is 0 Å². The lowest BCUT2D eigenvalue weighted by Crippen LogP contribution is -2.67. The standard InChI is InChI=1S/C18H34N4O12.C12H22O11.C6H14N4O2.CH4/c19-20-9(25)3-1-2-4-10(26)21-22-17-14(30)13(29)16(8(6-24)32-17)34-18-15(31)12(28)11(27)7(5-23)33-18;13-1-3-5(15)6(16)9(19)12(22-3)23-10-4(2-14)21-11(20)8(18)7(10)17;7-9-5(11)3-1-2-4-6(12)10-8;/h7-8,11-18,22-24,27-31H,1-6,19H2,(H,20,25)(H,21,26);3-20H,1-2H2;1-4,7-8H2,(H,9,11)(H,10,12);1H4. The van der Waals surface area contributed by atoms with Gasteiger partial charge in [-0.15, -0.1) is 0 Å². The Labute approximate surface area is 400 Å². The Hall–Kier alpha value is -3.12. The zero-order chi connectivity index (χ0) is 52.1. The lowest BCUT2D eigenvalue weighted by Gasteiger charge is -2.46. The third-order valence-electron chi connectivity index (χ3n) is 10.9. The predicted octanol–water partition coefficient (Wildman–Crippen LogP) is -12.5. The first kappa shape index (κ1) is 64.9. The van der Waals surface area contributed by atoms with Crippen LogP contribution in [0.1, 0.15) is 58.8 Å². The second-order valence-corrected chi connectivity index (χ2v) is 15.9. The summed E-state index contributed by atoms with van der Waals surface area (Å²) in [5.74, 6) is 13.4. The Morgan fingerprint density at radius 3 is 1.11 bits per heavy atom. The van der Waals surface area contributed by atoms with Gasteiger partial charge >= 0.3 is 0 Å². The van der Waals surface area contributed by atoms with E-state index in [4.69, 9.17) is 51.1 Å². The number of hydrogen-bond acceptors (Lipinski definition) is 29. The Kier molecular flexibility index (Phi) is 30.5. The van der Waals surface area contributed by atoms with Crippen molar-refractivity contribution in [3.8, 4) is 0 Å². The number of nitrogens with one attached hydrogen (secondary N) is 5. The molecule has 4 fully saturated rings. The summed E-state index contributed by atoms with van der Waals surface area (Å²) in [4.78, 5) is 44.1. The molecule has 0 bridgehead atoms. The Morgan fingerprint density at radius 2 is 0.757 bits per heavy atom. The van der Waals surface area contributed by atoms with Crippen LogP contribution in [-0.2, 0) is 47.6 Å². The van der Waals surface area contributed by atoms with Crippen LogP contribution in [0.25, 0.3) is 0 Å². The minimum atomic E-state index is -1.77.